The van der Waals surface area contributed by atoms with Gasteiger partial charge in [0.05, 0.1) is 23.1 Å². The Hall–Kier alpha value is -2.16. The average Bonchev–Trinajstić information content (AvgIpc) is 2.69. The lowest BCUT2D eigenvalue weighted by molar-refractivity contribution is -0.136. The van der Waals surface area contributed by atoms with Crippen LogP contribution in [0, 0.1) is 0 Å². The van der Waals surface area contributed by atoms with Crippen molar-refractivity contribution in [2.45, 2.75) is 29.5 Å². The van der Waals surface area contributed by atoms with Crippen LogP contribution in [0.2, 0.25) is 0 Å². The van der Waals surface area contributed by atoms with Crippen LogP contribution >= 0.6 is 11.6 Å². The Morgan fingerprint density at radius 2 is 1.86 bits per heavy atom. The van der Waals surface area contributed by atoms with E-state index < -0.39 is 16.0 Å². The van der Waals surface area contributed by atoms with Gasteiger partial charge in [0.1, 0.15) is 0 Å². The molecule has 1 aliphatic carbocycles. The van der Waals surface area contributed by atoms with Gasteiger partial charge in [-0.3, -0.25) is 9.59 Å². The predicted molar refractivity (Wildman–Crippen MR) is 109 cm³/mol. The number of hydrogen-bond acceptors (Lipinski definition) is 4. The van der Waals surface area contributed by atoms with Crippen molar-refractivity contribution >= 4 is 33.5 Å². The number of sulfonamides is 1. The summed E-state index contributed by atoms with van der Waals surface area (Å²) in [6.07, 6.45) is 6.44. The van der Waals surface area contributed by atoms with Crippen molar-refractivity contribution in [1.82, 2.24) is 9.21 Å². The first kappa shape index (κ1) is 21.5. The van der Waals surface area contributed by atoms with Crippen LogP contribution in [-0.4, -0.2) is 66.2 Å². The Morgan fingerprint density at radius 1 is 1.14 bits per heavy atom. The van der Waals surface area contributed by atoms with Crippen LogP contribution in [0.25, 0.3) is 0 Å². The summed E-state index contributed by atoms with van der Waals surface area (Å²) in [5, 5.41) is 8.88. The SMILES string of the molecule is O=C(O)Cc1cccc(S(=O)(=O)N2CCN(C(=O)CC3=CCC(Cl)C=C3)CC2)c1. The fourth-order valence-corrected chi connectivity index (χ4v) is 5.03. The molecule has 2 aliphatic rings. The van der Waals surface area contributed by atoms with Gasteiger partial charge in [-0.15, -0.1) is 11.6 Å². The molecule has 29 heavy (non-hydrogen) atoms. The Morgan fingerprint density at radius 3 is 2.48 bits per heavy atom. The average molecular weight is 439 g/mol. The molecular formula is C20H23ClN2O5S. The van der Waals surface area contributed by atoms with Crippen molar-refractivity contribution in [2.24, 2.45) is 0 Å². The number of hydrogen-bond donors (Lipinski definition) is 1. The molecule has 1 aromatic rings. The highest BCUT2D eigenvalue weighted by Crippen LogP contribution is 2.21. The van der Waals surface area contributed by atoms with Crippen molar-refractivity contribution in [3.8, 4) is 0 Å². The molecule has 0 radical (unpaired) electrons. The number of nitrogens with zero attached hydrogens (tertiary/aromatic N) is 2. The predicted octanol–water partition coefficient (Wildman–Crippen LogP) is 2.03. The monoisotopic (exact) mass is 438 g/mol. The molecule has 1 fully saturated rings. The first-order valence-electron chi connectivity index (χ1n) is 9.35. The van der Waals surface area contributed by atoms with Crippen LogP contribution in [0.1, 0.15) is 18.4 Å². The molecule has 0 saturated carbocycles. The number of carboxylic acid groups (broad SMARTS) is 1. The van der Waals surface area contributed by atoms with Gasteiger partial charge in [0, 0.05) is 26.2 Å². The van der Waals surface area contributed by atoms with Crippen molar-refractivity contribution in [3.63, 3.8) is 0 Å². The summed E-state index contributed by atoms with van der Waals surface area (Å²) in [5.41, 5.74) is 1.36. The zero-order valence-corrected chi connectivity index (χ0v) is 17.4. The van der Waals surface area contributed by atoms with E-state index in [1.807, 2.05) is 18.2 Å². The van der Waals surface area contributed by atoms with Crippen molar-refractivity contribution < 1.29 is 23.1 Å². The van der Waals surface area contributed by atoms with Gasteiger partial charge < -0.3 is 10.0 Å². The Bertz CT molecular complexity index is 949. The van der Waals surface area contributed by atoms with Crippen molar-refractivity contribution in [2.75, 3.05) is 26.2 Å². The fourth-order valence-electron chi connectivity index (χ4n) is 3.37. The number of carbonyl (C=O) groups excluding carboxylic acids is 1. The van der Waals surface area contributed by atoms with E-state index in [1.54, 1.807) is 17.0 Å². The number of amides is 1. The number of carboxylic acids is 1. The van der Waals surface area contributed by atoms with Crippen LogP contribution in [0.15, 0.2) is 53.0 Å². The lowest BCUT2D eigenvalue weighted by atomic mass is 10.0. The minimum atomic E-state index is -3.74. The minimum Gasteiger partial charge on any atom is -0.481 e. The minimum absolute atomic E-state index is 0.0309. The molecule has 3 rings (SSSR count). The first-order chi connectivity index (χ1) is 13.8. The molecule has 156 valence electrons. The number of carbonyl (C=O) groups is 2. The summed E-state index contributed by atoms with van der Waals surface area (Å²) in [6, 6.07) is 5.99. The van der Waals surface area contributed by atoms with E-state index in [0.29, 0.717) is 25.1 Å². The number of rotatable bonds is 6. The van der Waals surface area contributed by atoms with E-state index in [2.05, 4.69) is 0 Å². The number of allylic oxidation sites excluding steroid dienone is 3. The second-order valence-corrected chi connectivity index (χ2v) is 9.57. The van der Waals surface area contributed by atoms with Crippen molar-refractivity contribution in [3.05, 3.63) is 53.6 Å². The quantitative estimate of drug-likeness (QED) is 0.686. The summed E-state index contributed by atoms with van der Waals surface area (Å²) < 4.78 is 27.1. The molecule has 1 N–H and O–H groups in total. The van der Waals surface area contributed by atoms with E-state index >= 15 is 0 Å². The molecule has 1 atom stereocenters. The Labute approximate surface area is 175 Å². The molecular weight excluding hydrogens is 416 g/mol. The molecule has 1 saturated heterocycles. The van der Waals surface area contributed by atoms with Crippen LogP contribution in [0.4, 0.5) is 0 Å². The van der Waals surface area contributed by atoms with Gasteiger partial charge in [0.25, 0.3) is 0 Å². The lowest BCUT2D eigenvalue weighted by Crippen LogP contribution is -2.50. The van der Waals surface area contributed by atoms with Gasteiger partial charge >= 0.3 is 5.97 Å². The highest BCUT2D eigenvalue weighted by molar-refractivity contribution is 7.89. The Balaban J connectivity index is 1.60. The fraction of sp³-hybridized carbons (Fsp3) is 0.400. The van der Waals surface area contributed by atoms with Gasteiger partial charge in [-0.25, -0.2) is 8.42 Å². The summed E-state index contributed by atoms with van der Waals surface area (Å²) >= 11 is 5.99. The molecule has 0 spiro atoms. The molecule has 0 aromatic heterocycles. The second kappa shape index (κ2) is 9.11. The molecule has 0 bridgehead atoms. The van der Waals surface area contributed by atoms with Crippen LogP contribution in [0.5, 0.6) is 0 Å². The smallest absolute Gasteiger partial charge is 0.307 e. The summed E-state index contributed by atoms with van der Waals surface area (Å²) in [7, 11) is -3.74. The third kappa shape index (κ3) is 5.46. The van der Waals surface area contributed by atoms with Gasteiger partial charge in [-0.2, -0.15) is 4.31 Å². The zero-order chi connectivity index (χ0) is 21.0. The van der Waals surface area contributed by atoms with E-state index in [0.717, 1.165) is 5.57 Å². The van der Waals surface area contributed by atoms with E-state index in [9.17, 15) is 18.0 Å². The largest absolute Gasteiger partial charge is 0.481 e. The molecule has 1 heterocycles. The van der Waals surface area contributed by atoms with Crippen LogP contribution in [-0.2, 0) is 26.0 Å². The highest BCUT2D eigenvalue weighted by Gasteiger charge is 2.30. The normalized spacial score (nSPS) is 20.4. The van der Waals surface area contributed by atoms with Gasteiger partial charge in [-0.05, 0) is 29.7 Å². The number of alkyl halides is 1. The van der Waals surface area contributed by atoms with Gasteiger partial charge in [-0.1, -0.05) is 30.4 Å². The van der Waals surface area contributed by atoms with E-state index in [1.165, 1.54) is 16.4 Å². The highest BCUT2D eigenvalue weighted by atomic mass is 35.5. The van der Waals surface area contributed by atoms with Crippen LogP contribution in [0.3, 0.4) is 0 Å². The van der Waals surface area contributed by atoms with Crippen LogP contribution < -0.4 is 0 Å². The zero-order valence-electron chi connectivity index (χ0n) is 15.8. The Kier molecular flexibility index (Phi) is 6.77. The molecule has 9 heteroatoms. The third-order valence-corrected chi connectivity index (χ3v) is 7.18. The molecule has 1 aliphatic heterocycles. The summed E-state index contributed by atoms with van der Waals surface area (Å²) in [5.74, 6) is -1.05. The number of piperazine rings is 1. The van der Waals surface area contributed by atoms with Crippen molar-refractivity contribution in [1.29, 1.82) is 0 Å². The standard InChI is InChI=1S/C20H23ClN2O5S/c21-17-6-4-15(5-7-17)13-19(24)22-8-10-23(11-9-22)29(27,28)18-3-1-2-16(12-18)14-20(25)26/h1-6,12,17H,7-11,13-14H2,(H,25,26). The first-order valence-corrected chi connectivity index (χ1v) is 11.2. The third-order valence-electron chi connectivity index (χ3n) is 4.96. The van der Waals surface area contributed by atoms with Gasteiger partial charge in [0.15, 0.2) is 0 Å². The maximum absolute atomic E-state index is 12.9. The number of aliphatic carboxylic acids is 1. The molecule has 1 unspecified atom stereocenters. The summed E-state index contributed by atoms with van der Waals surface area (Å²) in [4.78, 5) is 25.1. The van der Waals surface area contributed by atoms with E-state index in [-0.39, 0.29) is 42.1 Å². The lowest BCUT2D eigenvalue weighted by Gasteiger charge is -2.34. The van der Waals surface area contributed by atoms with E-state index in [4.69, 9.17) is 16.7 Å². The maximum Gasteiger partial charge on any atom is 0.307 e. The molecule has 1 amide bonds. The number of benzene rings is 1. The maximum atomic E-state index is 12.9. The second-order valence-electron chi connectivity index (χ2n) is 7.07. The molecule has 1 aromatic carbocycles. The topological polar surface area (TPSA) is 95.0 Å². The number of halogens is 1. The van der Waals surface area contributed by atoms with Gasteiger partial charge in [0.2, 0.25) is 15.9 Å². The molecule has 7 nitrogen and oxygen atoms in total. The summed E-state index contributed by atoms with van der Waals surface area (Å²) in [6.45, 7) is 1.05.